The molecule has 36 heavy (non-hydrogen) atoms. The molecule has 0 aromatic rings. The van der Waals surface area contributed by atoms with Crippen molar-refractivity contribution in [2.24, 2.45) is 28.4 Å². The Morgan fingerprint density at radius 3 is 2.17 bits per heavy atom. The summed E-state index contributed by atoms with van der Waals surface area (Å²) in [4.78, 5) is 65.2. The summed E-state index contributed by atoms with van der Waals surface area (Å²) in [5.74, 6) is -2.98. The Morgan fingerprint density at radius 1 is 1.11 bits per heavy atom. The molecule has 2 fully saturated rings. The lowest BCUT2D eigenvalue weighted by molar-refractivity contribution is -0.145. The van der Waals surface area contributed by atoms with E-state index in [0.717, 1.165) is 0 Å². The summed E-state index contributed by atoms with van der Waals surface area (Å²) in [6.07, 6.45) is 1.41. The monoisotopic (exact) mass is 506 g/mol. The van der Waals surface area contributed by atoms with Crippen LogP contribution in [0.4, 0.5) is 4.79 Å². The standard InChI is InChI=1S/C26H42N4O6/c1-10-11-12-15(18(31)20(27)32)28-21(33)17-16-14(26(16,8)9)13-30(17)22(34)19(24(2,3)4)29-23(35)36-25(5,6)7/h10,14-17,19H,1,11-13H2,2-9H3,(H2,27,32)(H,28,33)(H,29,35). The van der Waals surface area contributed by atoms with Crippen molar-refractivity contribution in [1.82, 2.24) is 15.5 Å². The van der Waals surface area contributed by atoms with E-state index in [9.17, 15) is 24.0 Å². The number of ketones is 1. The molecule has 0 bridgehead atoms. The van der Waals surface area contributed by atoms with E-state index in [4.69, 9.17) is 10.5 Å². The fourth-order valence-electron chi connectivity index (χ4n) is 5.04. The van der Waals surface area contributed by atoms with Gasteiger partial charge in [0.15, 0.2) is 0 Å². The molecule has 2 aliphatic rings. The Morgan fingerprint density at radius 2 is 1.69 bits per heavy atom. The van der Waals surface area contributed by atoms with Crippen LogP contribution in [0.2, 0.25) is 0 Å². The third-order valence-electron chi connectivity index (χ3n) is 7.07. The second-order valence-corrected chi connectivity index (χ2v) is 12.5. The Balaban J connectivity index is 2.32. The van der Waals surface area contributed by atoms with Crippen LogP contribution in [0, 0.1) is 22.7 Å². The zero-order valence-corrected chi connectivity index (χ0v) is 22.8. The molecular weight excluding hydrogens is 464 g/mol. The van der Waals surface area contributed by atoms with Crippen molar-refractivity contribution in [3.8, 4) is 0 Å². The lowest BCUT2D eigenvalue weighted by Crippen LogP contribution is -2.60. The van der Waals surface area contributed by atoms with Crippen LogP contribution in [0.1, 0.15) is 68.2 Å². The first-order chi connectivity index (χ1) is 16.3. The molecule has 4 N–H and O–H groups in total. The molecule has 0 radical (unpaired) electrons. The molecular formula is C26H42N4O6. The number of nitrogens with two attached hydrogens (primary N) is 1. The van der Waals surface area contributed by atoms with E-state index in [1.807, 2.05) is 34.6 Å². The summed E-state index contributed by atoms with van der Waals surface area (Å²) in [7, 11) is 0. The van der Waals surface area contributed by atoms with Crippen molar-refractivity contribution in [2.45, 2.75) is 92.0 Å². The molecule has 10 nitrogen and oxygen atoms in total. The summed E-state index contributed by atoms with van der Waals surface area (Å²) in [5, 5.41) is 5.35. The summed E-state index contributed by atoms with van der Waals surface area (Å²) in [5.41, 5.74) is 3.60. The second kappa shape index (κ2) is 10.2. The van der Waals surface area contributed by atoms with E-state index in [0.29, 0.717) is 13.0 Å². The van der Waals surface area contributed by atoms with Crippen LogP contribution < -0.4 is 16.4 Å². The summed E-state index contributed by atoms with van der Waals surface area (Å²) in [6.45, 7) is 18.7. The molecule has 202 valence electrons. The van der Waals surface area contributed by atoms with Crippen LogP contribution in [-0.2, 0) is 23.9 Å². The minimum absolute atomic E-state index is 0.0952. The molecule has 0 aromatic carbocycles. The van der Waals surface area contributed by atoms with Crippen LogP contribution in [0.15, 0.2) is 12.7 Å². The first-order valence-corrected chi connectivity index (χ1v) is 12.4. The predicted molar refractivity (Wildman–Crippen MR) is 134 cm³/mol. The van der Waals surface area contributed by atoms with Gasteiger partial charge in [0.1, 0.15) is 17.7 Å². The molecule has 2 rings (SSSR count). The van der Waals surface area contributed by atoms with Crippen molar-refractivity contribution in [3.63, 3.8) is 0 Å². The minimum Gasteiger partial charge on any atom is -0.444 e. The molecule has 1 saturated carbocycles. The van der Waals surface area contributed by atoms with Crippen LogP contribution in [0.5, 0.6) is 0 Å². The Labute approximate surface area is 213 Å². The first kappa shape index (κ1) is 29.3. The van der Waals surface area contributed by atoms with Gasteiger partial charge >= 0.3 is 6.09 Å². The highest BCUT2D eigenvalue weighted by Crippen LogP contribution is 2.65. The third-order valence-corrected chi connectivity index (χ3v) is 7.07. The lowest BCUT2D eigenvalue weighted by atomic mass is 9.85. The maximum Gasteiger partial charge on any atom is 0.408 e. The zero-order chi connectivity index (χ0) is 27.8. The van der Waals surface area contributed by atoms with E-state index in [2.05, 4.69) is 17.2 Å². The number of fused-ring (bicyclic) bond motifs is 1. The number of likely N-dealkylation sites (tertiary alicyclic amines) is 1. The van der Waals surface area contributed by atoms with Gasteiger partial charge in [0.25, 0.3) is 5.91 Å². The lowest BCUT2D eigenvalue weighted by Gasteiger charge is -2.38. The number of rotatable bonds is 9. The van der Waals surface area contributed by atoms with Gasteiger partial charge in [0, 0.05) is 6.54 Å². The highest BCUT2D eigenvalue weighted by molar-refractivity contribution is 6.37. The van der Waals surface area contributed by atoms with E-state index in [-0.39, 0.29) is 23.7 Å². The summed E-state index contributed by atoms with van der Waals surface area (Å²) >= 11 is 0. The van der Waals surface area contributed by atoms with Gasteiger partial charge in [0.2, 0.25) is 17.6 Å². The molecule has 4 amide bonds. The number of alkyl carbamates (subject to hydrolysis) is 1. The number of amides is 4. The van der Waals surface area contributed by atoms with Crippen LogP contribution in [0.3, 0.4) is 0 Å². The van der Waals surface area contributed by atoms with Gasteiger partial charge in [-0.1, -0.05) is 40.7 Å². The Kier molecular flexibility index (Phi) is 8.32. The summed E-state index contributed by atoms with van der Waals surface area (Å²) in [6, 6.07) is -2.91. The molecule has 1 aliphatic carbocycles. The van der Waals surface area contributed by atoms with E-state index < -0.39 is 58.7 Å². The molecule has 5 atom stereocenters. The number of primary amides is 1. The molecule has 1 heterocycles. The van der Waals surface area contributed by atoms with E-state index >= 15 is 0 Å². The topological polar surface area (TPSA) is 148 Å². The second-order valence-electron chi connectivity index (χ2n) is 12.5. The number of allylic oxidation sites excluding steroid dienone is 1. The summed E-state index contributed by atoms with van der Waals surface area (Å²) < 4.78 is 5.36. The van der Waals surface area contributed by atoms with Crippen LogP contribution in [-0.4, -0.2) is 64.8 Å². The van der Waals surface area contributed by atoms with E-state index in [1.165, 1.54) is 4.90 Å². The van der Waals surface area contributed by atoms with Crippen LogP contribution in [0.25, 0.3) is 0 Å². The normalized spacial score (nSPS) is 24.1. The number of carbonyl (C=O) groups is 5. The smallest absolute Gasteiger partial charge is 0.408 e. The predicted octanol–water partition coefficient (Wildman–Crippen LogP) is 1.91. The van der Waals surface area contributed by atoms with Crippen molar-refractivity contribution >= 4 is 29.6 Å². The highest BCUT2D eigenvalue weighted by atomic mass is 16.6. The number of Topliss-reactive ketones (excluding diaryl/α,β-unsaturated/α-hetero) is 1. The number of nitrogens with zero attached hydrogens (tertiary/aromatic N) is 1. The largest absolute Gasteiger partial charge is 0.444 e. The number of hydrogen-bond donors (Lipinski definition) is 3. The van der Waals surface area contributed by atoms with Gasteiger partial charge in [-0.05, 0) is 56.3 Å². The Hall–Kier alpha value is -2.91. The average molecular weight is 507 g/mol. The first-order valence-electron chi connectivity index (χ1n) is 12.4. The Bertz CT molecular complexity index is 930. The zero-order valence-electron chi connectivity index (χ0n) is 22.8. The van der Waals surface area contributed by atoms with Crippen molar-refractivity contribution in [2.75, 3.05) is 6.54 Å². The number of piperidine rings is 1. The minimum atomic E-state index is -1.14. The molecule has 0 aromatic heterocycles. The van der Waals surface area contributed by atoms with Gasteiger partial charge in [-0.25, -0.2) is 4.79 Å². The molecule has 0 spiro atoms. The fourth-order valence-corrected chi connectivity index (χ4v) is 5.04. The molecule has 1 aliphatic heterocycles. The number of ether oxygens (including phenoxy) is 1. The van der Waals surface area contributed by atoms with Gasteiger partial charge in [-0.15, -0.1) is 6.58 Å². The van der Waals surface area contributed by atoms with Crippen molar-refractivity contribution < 1.29 is 28.7 Å². The number of nitrogens with one attached hydrogen (secondary N) is 2. The number of carbonyl (C=O) groups excluding carboxylic acids is 5. The third kappa shape index (κ3) is 6.44. The highest BCUT2D eigenvalue weighted by Gasteiger charge is 2.69. The molecule has 5 unspecified atom stereocenters. The van der Waals surface area contributed by atoms with Gasteiger partial charge in [0.05, 0.1) is 6.04 Å². The average Bonchev–Trinajstić information content (AvgIpc) is 3.07. The maximum atomic E-state index is 13.8. The van der Waals surface area contributed by atoms with Gasteiger partial charge in [-0.3, -0.25) is 19.2 Å². The maximum absolute atomic E-state index is 13.8. The quantitative estimate of drug-likeness (QED) is 0.321. The number of hydrogen-bond acceptors (Lipinski definition) is 6. The van der Waals surface area contributed by atoms with Crippen molar-refractivity contribution in [1.29, 1.82) is 0 Å². The van der Waals surface area contributed by atoms with Crippen molar-refractivity contribution in [3.05, 3.63) is 12.7 Å². The van der Waals surface area contributed by atoms with Crippen LogP contribution >= 0.6 is 0 Å². The molecule has 1 saturated heterocycles. The van der Waals surface area contributed by atoms with Gasteiger partial charge < -0.3 is 26.0 Å². The van der Waals surface area contributed by atoms with Gasteiger partial charge in [-0.2, -0.15) is 0 Å². The molecule has 10 heteroatoms. The van der Waals surface area contributed by atoms with E-state index in [1.54, 1.807) is 26.8 Å². The SMILES string of the molecule is C=CCCC(NC(=O)C1C2C(CN1C(=O)C(NC(=O)OC(C)(C)C)C(C)(C)C)C2(C)C)C(=O)C(N)=O. The fraction of sp³-hybridized carbons (Fsp3) is 0.731.